The molecule has 0 unspecified atom stereocenters. The highest BCUT2D eigenvalue weighted by Gasteiger charge is 2.47. The number of aryl methyl sites for hydroxylation is 1. The van der Waals surface area contributed by atoms with Gasteiger partial charge < -0.3 is 14.8 Å². The van der Waals surface area contributed by atoms with Crippen molar-refractivity contribution in [1.29, 1.82) is 0 Å². The van der Waals surface area contributed by atoms with E-state index >= 15 is 0 Å². The first-order valence-electron chi connectivity index (χ1n) is 10.4. The molecule has 1 aliphatic heterocycles. The Hall–Kier alpha value is -2.89. The third-order valence-electron chi connectivity index (χ3n) is 5.96. The minimum absolute atomic E-state index is 0.198. The molecule has 1 N–H and O–H groups in total. The summed E-state index contributed by atoms with van der Waals surface area (Å²) in [6.07, 6.45) is 1.42. The first-order chi connectivity index (χ1) is 14.3. The molecule has 0 aromatic heterocycles. The molecule has 0 bridgehead atoms. The second kappa shape index (κ2) is 8.86. The monoisotopic (exact) mass is 411 g/mol. The van der Waals surface area contributed by atoms with Crippen molar-refractivity contribution in [2.75, 3.05) is 13.7 Å². The molecule has 0 fully saturated rings. The van der Waals surface area contributed by atoms with Gasteiger partial charge in [0.2, 0.25) is 0 Å². The number of carbonyl (C=O) groups excluding carboxylic acids is 3. The summed E-state index contributed by atoms with van der Waals surface area (Å²) in [7, 11) is 1.29. The molecule has 3 atom stereocenters. The Labute approximate surface area is 177 Å². The number of esters is 2. The molecule has 6 nitrogen and oxygen atoms in total. The van der Waals surface area contributed by atoms with Crippen LogP contribution in [-0.4, -0.2) is 31.4 Å². The highest BCUT2D eigenvalue weighted by Crippen LogP contribution is 2.45. The molecular weight excluding hydrogens is 382 g/mol. The van der Waals surface area contributed by atoms with Crippen LogP contribution in [0.5, 0.6) is 0 Å². The molecule has 0 saturated carbocycles. The van der Waals surface area contributed by atoms with Crippen LogP contribution in [0.3, 0.4) is 0 Å². The Morgan fingerprint density at radius 1 is 1.17 bits per heavy atom. The number of ketones is 1. The second-order valence-electron chi connectivity index (χ2n) is 7.85. The maximum Gasteiger partial charge on any atom is 0.336 e. The first kappa shape index (κ1) is 21.8. The number of rotatable bonds is 5. The van der Waals surface area contributed by atoms with Crippen LogP contribution in [0.1, 0.15) is 51.2 Å². The number of ether oxygens (including phenoxy) is 2. The third-order valence-corrected chi connectivity index (χ3v) is 5.96. The Morgan fingerprint density at radius 2 is 1.83 bits per heavy atom. The van der Waals surface area contributed by atoms with Crippen LogP contribution < -0.4 is 5.32 Å². The second-order valence-corrected chi connectivity index (χ2v) is 7.85. The van der Waals surface area contributed by atoms with Crippen LogP contribution >= 0.6 is 0 Å². The van der Waals surface area contributed by atoms with Crippen molar-refractivity contribution in [1.82, 2.24) is 5.32 Å². The molecule has 1 aromatic carbocycles. The molecule has 2 aliphatic rings. The minimum atomic E-state index is -0.880. The van der Waals surface area contributed by atoms with Crippen molar-refractivity contribution in [2.24, 2.45) is 11.8 Å². The van der Waals surface area contributed by atoms with Crippen LogP contribution in [0, 0.1) is 11.8 Å². The number of dihydropyridines is 1. The molecule has 0 radical (unpaired) electrons. The number of carbonyl (C=O) groups is 3. The molecule has 1 aromatic rings. The highest BCUT2D eigenvalue weighted by molar-refractivity contribution is 6.12. The Kier molecular flexibility index (Phi) is 6.44. The summed E-state index contributed by atoms with van der Waals surface area (Å²) in [5.41, 5.74) is 4.30. The Balaban J connectivity index is 2.17. The predicted octanol–water partition coefficient (Wildman–Crippen LogP) is 3.43. The van der Waals surface area contributed by atoms with E-state index in [1.54, 1.807) is 6.92 Å². The largest absolute Gasteiger partial charge is 0.468 e. The van der Waals surface area contributed by atoms with Crippen LogP contribution in [0.4, 0.5) is 0 Å². The maximum absolute atomic E-state index is 13.5. The van der Waals surface area contributed by atoms with Crippen molar-refractivity contribution >= 4 is 17.7 Å². The van der Waals surface area contributed by atoms with Crippen molar-refractivity contribution in [3.8, 4) is 0 Å². The molecule has 0 spiro atoms. The number of nitrogens with one attached hydrogen (secondary N) is 1. The molecule has 6 heteroatoms. The summed E-state index contributed by atoms with van der Waals surface area (Å²) in [4.78, 5) is 38.8. The van der Waals surface area contributed by atoms with E-state index in [-0.39, 0.29) is 18.3 Å². The molecule has 160 valence electrons. The zero-order valence-electron chi connectivity index (χ0n) is 18.2. The average molecular weight is 411 g/mol. The summed E-state index contributed by atoms with van der Waals surface area (Å²) in [5, 5.41) is 3.25. The van der Waals surface area contributed by atoms with E-state index in [2.05, 4.69) is 12.2 Å². The summed E-state index contributed by atoms with van der Waals surface area (Å²) >= 11 is 0. The van der Waals surface area contributed by atoms with E-state index in [4.69, 9.17) is 9.47 Å². The van der Waals surface area contributed by atoms with Crippen molar-refractivity contribution in [3.05, 3.63) is 57.9 Å². The lowest BCUT2D eigenvalue weighted by molar-refractivity contribution is -0.151. The maximum atomic E-state index is 13.5. The minimum Gasteiger partial charge on any atom is -0.468 e. The molecule has 1 aliphatic carbocycles. The number of hydrogen-bond donors (Lipinski definition) is 1. The van der Waals surface area contributed by atoms with E-state index in [0.29, 0.717) is 23.3 Å². The lowest BCUT2D eigenvalue weighted by Gasteiger charge is -2.38. The number of methoxy groups -OCH3 is 1. The van der Waals surface area contributed by atoms with E-state index in [1.165, 1.54) is 7.11 Å². The van der Waals surface area contributed by atoms with E-state index in [1.807, 2.05) is 38.1 Å². The lowest BCUT2D eigenvalue weighted by atomic mass is 9.69. The lowest BCUT2D eigenvalue weighted by Crippen LogP contribution is -2.43. The van der Waals surface area contributed by atoms with Gasteiger partial charge in [0.15, 0.2) is 5.78 Å². The summed E-state index contributed by atoms with van der Waals surface area (Å²) in [6.45, 7) is 7.75. The molecular formula is C24H29NO5. The van der Waals surface area contributed by atoms with E-state index in [0.717, 1.165) is 23.2 Å². The first-order valence-corrected chi connectivity index (χ1v) is 10.4. The summed E-state index contributed by atoms with van der Waals surface area (Å²) in [6, 6.07) is 7.90. The van der Waals surface area contributed by atoms with Crippen molar-refractivity contribution in [2.45, 2.75) is 46.5 Å². The standard InChI is InChI=1S/C24H29NO5/c1-6-15-8-10-16(11-9-15)20-19(24(28)30-7-2)14(4)25-17-12-13(3)18(23(27)29-5)22(26)21(17)20/h8-11,13,18,20,25H,6-7,12H2,1-5H3/t13-,18-,20-/m0/s1. The van der Waals surface area contributed by atoms with Gasteiger partial charge in [0.1, 0.15) is 5.92 Å². The number of hydrogen-bond acceptors (Lipinski definition) is 6. The average Bonchev–Trinajstić information content (AvgIpc) is 2.72. The zero-order valence-corrected chi connectivity index (χ0v) is 18.2. The summed E-state index contributed by atoms with van der Waals surface area (Å²) < 4.78 is 10.2. The zero-order chi connectivity index (χ0) is 22.0. The van der Waals surface area contributed by atoms with Gasteiger partial charge in [-0.3, -0.25) is 9.59 Å². The van der Waals surface area contributed by atoms with E-state index < -0.39 is 23.8 Å². The van der Waals surface area contributed by atoms with Gasteiger partial charge in [0, 0.05) is 22.9 Å². The van der Waals surface area contributed by atoms with Gasteiger partial charge in [-0.2, -0.15) is 0 Å². The van der Waals surface area contributed by atoms with Gasteiger partial charge in [-0.25, -0.2) is 4.79 Å². The van der Waals surface area contributed by atoms with Gasteiger partial charge in [0.25, 0.3) is 0 Å². The van der Waals surface area contributed by atoms with E-state index in [9.17, 15) is 14.4 Å². The van der Waals surface area contributed by atoms with Gasteiger partial charge in [0.05, 0.1) is 19.3 Å². The van der Waals surface area contributed by atoms with Gasteiger partial charge in [-0.1, -0.05) is 38.1 Å². The number of Topliss-reactive ketones (excluding diaryl/α,β-unsaturated/α-hetero) is 1. The highest BCUT2D eigenvalue weighted by atomic mass is 16.5. The van der Waals surface area contributed by atoms with Crippen LogP contribution in [0.15, 0.2) is 46.8 Å². The fourth-order valence-corrected chi connectivity index (χ4v) is 4.44. The van der Waals surface area contributed by atoms with Crippen molar-refractivity contribution < 1.29 is 23.9 Å². The molecule has 1 heterocycles. The van der Waals surface area contributed by atoms with Crippen molar-refractivity contribution in [3.63, 3.8) is 0 Å². The van der Waals surface area contributed by atoms with Crippen LogP contribution in [0.2, 0.25) is 0 Å². The summed E-state index contributed by atoms with van der Waals surface area (Å²) in [5.74, 6) is -2.95. The Morgan fingerprint density at radius 3 is 2.40 bits per heavy atom. The fourth-order valence-electron chi connectivity index (χ4n) is 4.44. The number of allylic oxidation sites excluding steroid dienone is 3. The smallest absolute Gasteiger partial charge is 0.336 e. The fraction of sp³-hybridized carbons (Fsp3) is 0.458. The van der Waals surface area contributed by atoms with Crippen LogP contribution in [0.25, 0.3) is 0 Å². The normalized spacial score (nSPS) is 23.6. The predicted molar refractivity (Wildman–Crippen MR) is 112 cm³/mol. The SMILES string of the molecule is CCOC(=O)C1=C(C)NC2=C(C(=O)[C@@H](C(=O)OC)[C@@H](C)C2)[C@H]1c1ccc(CC)cc1. The molecule has 0 amide bonds. The van der Waals surface area contributed by atoms with Gasteiger partial charge in [-0.15, -0.1) is 0 Å². The molecule has 30 heavy (non-hydrogen) atoms. The molecule has 3 rings (SSSR count). The van der Waals surface area contributed by atoms with Gasteiger partial charge >= 0.3 is 11.9 Å². The Bertz CT molecular complexity index is 925. The van der Waals surface area contributed by atoms with Crippen LogP contribution in [-0.2, 0) is 30.3 Å². The third kappa shape index (κ3) is 3.78. The molecule has 0 saturated heterocycles. The van der Waals surface area contributed by atoms with Gasteiger partial charge in [-0.05, 0) is 43.7 Å². The quantitative estimate of drug-likeness (QED) is 0.591. The topological polar surface area (TPSA) is 81.7 Å². The number of benzene rings is 1.